The van der Waals surface area contributed by atoms with E-state index in [-0.39, 0.29) is 16.3 Å². The summed E-state index contributed by atoms with van der Waals surface area (Å²) in [6, 6.07) is 22.3. The fourth-order valence-corrected chi connectivity index (χ4v) is 7.16. The van der Waals surface area contributed by atoms with Gasteiger partial charge < -0.3 is 14.6 Å². The highest BCUT2D eigenvalue weighted by Crippen LogP contribution is 2.46. The van der Waals surface area contributed by atoms with Gasteiger partial charge >= 0.3 is 5.91 Å². The molecule has 1 amide bonds. The molecule has 5 aromatic rings. The van der Waals surface area contributed by atoms with Crippen LogP contribution in [0.3, 0.4) is 0 Å². The molecule has 45 heavy (non-hydrogen) atoms. The molecule has 1 saturated heterocycles. The summed E-state index contributed by atoms with van der Waals surface area (Å²) in [6.07, 6.45) is 0. The van der Waals surface area contributed by atoms with Crippen molar-refractivity contribution in [1.82, 2.24) is 10.2 Å². The normalized spacial score (nSPS) is 16.0. The largest absolute Gasteiger partial charge is 0.507 e. The van der Waals surface area contributed by atoms with Crippen molar-refractivity contribution < 1.29 is 28.6 Å². The Kier molecular flexibility index (Phi) is 8.55. The molecule has 0 radical (unpaired) electrons. The quantitative estimate of drug-likeness (QED) is 0.0582. The van der Waals surface area contributed by atoms with E-state index in [9.17, 15) is 19.1 Å². The first kappa shape index (κ1) is 30.3. The molecule has 8 nitrogen and oxygen atoms in total. The minimum atomic E-state index is -1.09. The number of aliphatic hydroxyl groups excluding tert-OH is 1. The van der Waals surface area contributed by atoms with Gasteiger partial charge in [-0.1, -0.05) is 83.8 Å². The zero-order valence-corrected chi connectivity index (χ0v) is 26.2. The van der Waals surface area contributed by atoms with Gasteiger partial charge in [-0.2, -0.15) is 0 Å². The maximum absolute atomic E-state index is 14.5. The van der Waals surface area contributed by atoms with Crippen molar-refractivity contribution >= 4 is 56.5 Å². The number of aryl methyl sites for hydroxylation is 1. The van der Waals surface area contributed by atoms with Crippen LogP contribution in [0.4, 0.5) is 9.52 Å². The number of carbonyl (C=O) groups is 2. The van der Waals surface area contributed by atoms with Gasteiger partial charge in [0.1, 0.15) is 11.6 Å². The third kappa shape index (κ3) is 5.76. The predicted molar refractivity (Wildman–Crippen MR) is 174 cm³/mol. The number of halogens is 1. The van der Waals surface area contributed by atoms with E-state index < -0.39 is 29.3 Å². The Hall–Kier alpha value is -4.74. The van der Waals surface area contributed by atoms with Gasteiger partial charge in [0.15, 0.2) is 15.8 Å². The van der Waals surface area contributed by atoms with Gasteiger partial charge in [0.25, 0.3) is 5.78 Å². The Morgan fingerprint density at radius 3 is 2.60 bits per heavy atom. The van der Waals surface area contributed by atoms with Gasteiger partial charge in [-0.05, 0) is 59.5 Å². The molecule has 1 atom stereocenters. The highest BCUT2D eigenvalue weighted by atomic mass is 32.2. The van der Waals surface area contributed by atoms with Crippen molar-refractivity contribution in [3.05, 3.63) is 113 Å². The lowest BCUT2D eigenvalue weighted by atomic mass is 9.94. The molecular weight excluding hydrogens is 614 g/mol. The lowest BCUT2D eigenvalue weighted by molar-refractivity contribution is -0.132. The number of aromatic nitrogens is 2. The van der Waals surface area contributed by atoms with E-state index >= 15 is 0 Å². The Labute approximate surface area is 267 Å². The van der Waals surface area contributed by atoms with Crippen LogP contribution >= 0.6 is 23.1 Å². The number of nitrogens with zero attached hydrogens (tertiary/aromatic N) is 3. The number of carbonyl (C=O) groups excluding carboxylic acids is 2. The lowest BCUT2D eigenvalue weighted by Gasteiger charge is -2.23. The van der Waals surface area contributed by atoms with Crippen LogP contribution in [-0.4, -0.2) is 40.7 Å². The van der Waals surface area contributed by atoms with Crippen LogP contribution in [0.25, 0.3) is 16.5 Å². The summed E-state index contributed by atoms with van der Waals surface area (Å²) in [4.78, 5) is 28.5. The number of ether oxygens (including phenoxy) is 2. The minimum absolute atomic E-state index is 0.0718. The van der Waals surface area contributed by atoms with E-state index in [0.717, 1.165) is 22.4 Å². The van der Waals surface area contributed by atoms with Crippen molar-refractivity contribution in [2.45, 2.75) is 30.0 Å². The Bertz CT molecular complexity index is 1970. The topological polar surface area (TPSA) is 102 Å². The van der Waals surface area contributed by atoms with E-state index in [1.165, 1.54) is 47.2 Å². The molecule has 4 aromatic carbocycles. The van der Waals surface area contributed by atoms with Crippen molar-refractivity contribution in [1.29, 1.82) is 0 Å². The first-order valence-corrected chi connectivity index (χ1v) is 15.9. The SMILES string of the molecule is CCOc1ccc(C2/C(=C(/O)c3ccc(C)c(F)c3)C(=O)C(=O)N2c2nnc(SCc3cccc4ccccc34)s2)cc1OC. The number of hydrogen-bond acceptors (Lipinski definition) is 9. The highest BCUT2D eigenvalue weighted by Gasteiger charge is 2.48. The number of hydrogen-bond donors (Lipinski definition) is 1. The summed E-state index contributed by atoms with van der Waals surface area (Å²) >= 11 is 2.64. The van der Waals surface area contributed by atoms with Gasteiger partial charge in [0.05, 0.1) is 25.3 Å². The van der Waals surface area contributed by atoms with E-state index in [4.69, 9.17) is 9.47 Å². The van der Waals surface area contributed by atoms with Crippen molar-refractivity contribution in [2.24, 2.45) is 0 Å². The Morgan fingerprint density at radius 2 is 1.82 bits per heavy atom. The first-order valence-electron chi connectivity index (χ1n) is 14.1. The zero-order chi connectivity index (χ0) is 31.7. The molecule has 228 valence electrons. The van der Waals surface area contributed by atoms with Gasteiger partial charge in [0.2, 0.25) is 5.13 Å². The van der Waals surface area contributed by atoms with Crippen LogP contribution in [-0.2, 0) is 15.3 Å². The predicted octanol–water partition coefficient (Wildman–Crippen LogP) is 7.46. The van der Waals surface area contributed by atoms with E-state index in [0.29, 0.717) is 39.3 Å². The number of amides is 1. The summed E-state index contributed by atoms with van der Waals surface area (Å²) in [5.41, 5.74) is 1.84. The van der Waals surface area contributed by atoms with Gasteiger partial charge in [0, 0.05) is 11.3 Å². The Balaban J connectivity index is 1.41. The second kappa shape index (κ2) is 12.7. The number of rotatable bonds is 9. The number of Topliss-reactive ketones (excluding diaryl/α,β-unsaturated/α-hetero) is 1. The standard InChI is InChI=1S/C34H28FN3O5S2/c1-4-43-26-15-14-21(17-27(26)42-3)29-28(30(39)22-13-12-19(2)25(35)16-22)31(40)32(41)38(29)33-36-37-34(45-33)44-18-23-10-7-9-20-8-5-6-11-24(20)23/h5-17,29,39H,4,18H2,1-3H3/b30-28-. The summed E-state index contributed by atoms with van der Waals surface area (Å²) in [5.74, 6) is -1.38. The minimum Gasteiger partial charge on any atom is -0.507 e. The zero-order valence-electron chi connectivity index (χ0n) is 24.6. The molecule has 1 aliphatic rings. The summed E-state index contributed by atoms with van der Waals surface area (Å²) in [6.45, 7) is 3.83. The molecule has 1 unspecified atom stereocenters. The Morgan fingerprint density at radius 1 is 1.02 bits per heavy atom. The monoisotopic (exact) mass is 641 g/mol. The van der Waals surface area contributed by atoms with E-state index in [1.807, 2.05) is 25.1 Å². The van der Waals surface area contributed by atoms with Crippen LogP contribution in [0, 0.1) is 12.7 Å². The van der Waals surface area contributed by atoms with E-state index in [1.54, 1.807) is 25.1 Å². The molecule has 0 saturated carbocycles. The average molecular weight is 642 g/mol. The molecule has 1 N–H and O–H groups in total. The van der Waals surface area contributed by atoms with Crippen molar-refractivity contribution in [3.8, 4) is 11.5 Å². The molecule has 0 bridgehead atoms. The molecule has 2 heterocycles. The molecule has 1 fully saturated rings. The molecular formula is C34H28FN3O5S2. The maximum atomic E-state index is 14.5. The van der Waals surface area contributed by atoms with Crippen LogP contribution < -0.4 is 14.4 Å². The highest BCUT2D eigenvalue weighted by molar-refractivity contribution is 8.00. The third-order valence-electron chi connectivity index (χ3n) is 7.53. The first-order chi connectivity index (χ1) is 21.8. The number of aliphatic hydroxyl groups is 1. The van der Waals surface area contributed by atoms with Gasteiger partial charge in [-0.15, -0.1) is 10.2 Å². The van der Waals surface area contributed by atoms with Crippen LogP contribution in [0.5, 0.6) is 11.5 Å². The third-order valence-corrected chi connectivity index (χ3v) is 9.63. The number of benzene rings is 4. The summed E-state index contributed by atoms with van der Waals surface area (Å²) < 4.78 is 26.3. The number of methoxy groups -OCH3 is 1. The van der Waals surface area contributed by atoms with Crippen LogP contribution in [0.1, 0.15) is 35.2 Å². The lowest BCUT2D eigenvalue weighted by Crippen LogP contribution is -2.29. The fraction of sp³-hybridized carbons (Fsp3) is 0.176. The molecule has 1 aliphatic heterocycles. The van der Waals surface area contributed by atoms with Crippen LogP contribution in [0.15, 0.2) is 88.8 Å². The van der Waals surface area contributed by atoms with Crippen molar-refractivity contribution in [3.63, 3.8) is 0 Å². The average Bonchev–Trinajstić information content (AvgIpc) is 3.62. The molecule has 11 heteroatoms. The number of ketones is 1. The summed E-state index contributed by atoms with van der Waals surface area (Å²) in [5, 5.41) is 22.5. The van der Waals surface area contributed by atoms with Crippen molar-refractivity contribution in [2.75, 3.05) is 18.6 Å². The summed E-state index contributed by atoms with van der Waals surface area (Å²) in [7, 11) is 1.48. The molecule has 6 rings (SSSR count). The fourth-order valence-electron chi connectivity index (χ4n) is 5.29. The number of fused-ring (bicyclic) bond motifs is 1. The maximum Gasteiger partial charge on any atom is 0.301 e. The molecule has 1 aromatic heterocycles. The molecule has 0 spiro atoms. The second-order valence-electron chi connectivity index (χ2n) is 10.3. The molecule has 0 aliphatic carbocycles. The second-order valence-corrected chi connectivity index (χ2v) is 12.4. The van der Waals surface area contributed by atoms with Gasteiger partial charge in [-0.25, -0.2) is 4.39 Å². The number of thioether (sulfide) groups is 1. The number of anilines is 1. The van der Waals surface area contributed by atoms with Crippen LogP contribution in [0.2, 0.25) is 0 Å². The van der Waals surface area contributed by atoms with E-state index in [2.05, 4.69) is 34.5 Å². The van der Waals surface area contributed by atoms with Gasteiger partial charge in [-0.3, -0.25) is 14.5 Å². The smallest absolute Gasteiger partial charge is 0.301 e.